The van der Waals surface area contributed by atoms with Crippen LogP contribution in [-0.4, -0.2) is 29.1 Å². The number of esters is 1. The van der Waals surface area contributed by atoms with Crippen LogP contribution >= 0.6 is 27.7 Å². The number of imide groups is 1. The summed E-state index contributed by atoms with van der Waals surface area (Å²) in [6.07, 6.45) is 1.57. The predicted octanol–water partition coefficient (Wildman–Crippen LogP) is 5.73. The summed E-state index contributed by atoms with van der Waals surface area (Å²) >= 11 is 4.26. The molecule has 0 atom stereocenters. The summed E-state index contributed by atoms with van der Waals surface area (Å²) in [5.41, 5.74) is 2.08. The number of nitrogens with zero attached hydrogens (tertiary/aromatic N) is 1. The summed E-state index contributed by atoms with van der Waals surface area (Å²) in [5, 5.41) is -0.315. The third kappa shape index (κ3) is 4.65. The van der Waals surface area contributed by atoms with Crippen molar-refractivity contribution in [1.29, 1.82) is 0 Å². The molecule has 0 spiro atoms. The highest BCUT2D eigenvalue weighted by atomic mass is 79.9. The quantitative estimate of drug-likeness (QED) is 0.330. The van der Waals surface area contributed by atoms with Gasteiger partial charge in [0.2, 0.25) is 0 Å². The van der Waals surface area contributed by atoms with Crippen molar-refractivity contribution in [1.82, 2.24) is 4.90 Å². The van der Waals surface area contributed by atoms with Gasteiger partial charge in [0.1, 0.15) is 11.5 Å². The third-order valence-corrected chi connectivity index (χ3v) is 6.05. The fourth-order valence-electron chi connectivity index (χ4n) is 3.01. The molecule has 3 aromatic rings. The maximum absolute atomic E-state index is 12.7. The number of hydrogen-bond acceptors (Lipinski definition) is 6. The van der Waals surface area contributed by atoms with Crippen LogP contribution in [0.15, 0.2) is 74.5 Å². The first kappa shape index (κ1) is 21.1. The normalized spacial score (nSPS) is 15.0. The van der Waals surface area contributed by atoms with Crippen molar-refractivity contribution in [3.8, 4) is 11.3 Å². The molecule has 0 aliphatic carbocycles. The largest absolute Gasteiger partial charge is 0.465 e. The second-order valence-corrected chi connectivity index (χ2v) is 8.57. The minimum absolute atomic E-state index is 0.214. The second-order valence-electron chi connectivity index (χ2n) is 6.67. The molecule has 1 saturated heterocycles. The van der Waals surface area contributed by atoms with Crippen LogP contribution in [-0.2, 0) is 16.1 Å². The molecule has 0 N–H and O–H groups in total. The van der Waals surface area contributed by atoms with E-state index in [0.717, 1.165) is 27.4 Å². The molecule has 6 nitrogen and oxygen atoms in total. The topological polar surface area (TPSA) is 76.8 Å². The zero-order valence-corrected chi connectivity index (χ0v) is 18.7. The van der Waals surface area contributed by atoms with Gasteiger partial charge in [-0.15, -0.1) is 0 Å². The van der Waals surface area contributed by atoms with Gasteiger partial charge < -0.3 is 9.15 Å². The van der Waals surface area contributed by atoms with Gasteiger partial charge in [0.05, 0.1) is 24.1 Å². The van der Waals surface area contributed by atoms with Crippen molar-refractivity contribution < 1.29 is 23.5 Å². The minimum Gasteiger partial charge on any atom is -0.465 e. The van der Waals surface area contributed by atoms with Crippen LogP contribution in [0.25, 0.3) is 17.4 Å². The standard InChI is InChI=1S/C23H16BrNO5S/c1-29-22(27)16-6-4-15(5-7-16)19-11-10-18(30-19)12-20-21(26)25(23(28)31-20)13-14-2-8-17(24)9-3-14/h2-12H,13H2,1H3/b20-12+. The van der Waals surface area contributed by atoms with Crippen molar-refractivity contribution in [3.05, 3.63) is 86.9 Å². The fraction of sp³-hybridized carbons (Fsp3) is 0.0870. The first-order chi connectivity index (χ1) is 14.9. The number of methoxy groups -OCH3 is 1. The molecule has 1 fully saturated rings. The van der Waals surface area contributed by atoms with Crippen LogP contribution in [0.3, 0.4) is 0 Å². The maximum Gasteiger partial charge on any atom is 0.337 e. The highest BCUT2D eigenvalue weighted by molar-refractivity contribution is 9.10. The monoisotopic (exact) mass is 497 g/mol. The Morgan fingerprint density at radius 2 is 1.77 bits per heavy atom. The van der Waals surface area contributed by atoms with Gasteiger partial charge >= 0.3 is 5.97 Å². The molecule has 2 aromatic carbocycles. The fourth-order valence-corrected chi connectivity index (χ4v) is 4.09. The van der Waals surface area contributed by atoms with E-state index in [4.69, 9.17) is 9.15 Å². The molecule has 1 aliphatic heterocycles. The Labute approximate surface area is 191 Å². The van der Waals surface area contributed by atoms with E-state index in [9.17, 15) is 14.4 Å². The van der Waals surface area contributed by atoms with Gasteiger partial charge in [-0.3, -0.25) is 14.5 Å². The summed E-state index contributed by atoms with van der Waals surface area (Å²) in [7, 11) is 1.33. The number of carbonyl (C=O) groups is 3. The molecule has 31 heavy (non-hydrogen) atoms. The Kier molecular flexibility index (Phi) is 6.11. The molecule has 8 heteroatoms. The predicted molar refractivity (Wildman–Crippen MR) is 121 cm³/mol. The SMILES string of the molecule is COC(=O)c1ccc(-c2ccc(/C=C3/SC(=O)N(Cc4ccc(Br)cc4)C3=O)o2)cc1. The Balaban J connectivity index is 1.50. The van der Waals surface area contributed by atoms with Crippen molar-refractivity contribution in [3.63, 3.8) is 0 Å². The molecular formula is C23H16BrNO5S. The molecule has 1 aromatic heterocycles. The van der Waals surface area contributed by atoms with Gasteiger partial charge in [-0.05, 0) is 53.7 Å². The summed E-state index contributed by atoms with van der Waals surface area (Å²) in [5.74, 6) is 0.279. The molecule has 4 rings (SSSR count). The van der Waals surface area contributed by atoms with Crippen LogP contribution in [0.2, 0.25) is 0 Å². The highest BCUT2D eigenvalue weighted by Gasteiger charge is 2.35. The van der Waals surface area contributed by atoms with E-state index in [0.29, 0.717) is 22.0 Å². The van der Waals surface area contributed by atoms with Crippen LogP contribution in [0.5, 0.6) is 0 Å². The summed E-state index contributed by atoms with van der Waals surface area (Å²) in [4.78, 5) is 38.1. The molecule has 156 valence electrons. The van der Waals surface area contributed by atoms with Gasteiger partial charge in [-0.2, -0.15) is 0 Å². The third-order valence-electron chi connectivity index (χ3n) is 4.62. The molecule has 0 radical (unpaired) electrons. The van der Waals surface area contributed by atoms with Gasteiger partial charge in [0, 0.05) is 16.1 Å². The van der Waals surface area contributed by atoms with Crippen LogP contribution < -0.4 is 0 Å². The lowest BCUT2D eigenvalue weighted by Crippen LogP contribution is -2.27. The van der Waals surface area contributed by atoms with Gasteiger partial charge in [0.15, 0.2) is 0 Å². The first-order valence-electron chi connectivity index (χ1n) is 9.23. The smallest absolute Gasteiger partial charge is 0.337 e. The molecule has 2 heterocycles. The number of benzene rings is 2. The molecule has 0 unspecified atom stereocenters. The van der Waals surface area contributed by atoms with E-state index in [-0.39, 0.29) is 17.7 Å². The van der Waals surface area contributed by atoms with E-state index in [1.165, 1.54) is 12.0 Å². The van der Waals surface area contributed by atoms with Crippen LogP contribution in [0.1, 0.15) is 21.7 Å². The summed E-state index contributed by atoms with van der Waals surface area (Å²) in [6.45, 7) is 0.214. The van der Waals surface area contributed by atoms with Crippen molar-refractivity contribution in [2.75, 3.05) is 7.11 Å². The molecule has 0 bridgehead atoms. The number of halogens is 1. The number of carbonyl (C=O) groups excluding carboxylic acids is 3. The zero-order chi connectivity index (χ0) is 22.0. The van der Waals surface area contributed by atoms with Gasteiger partial charge in [0.25, 0.3) is 11.1 Å². The lowest BCUT2D eigenvalue weighted by Gasteiger charge is -2.12. The molecule has 1 aliphatic rings. The maximum atomic E-state index is 12.7. The van der Waals surface area contributed by atoms with Crippen molar-refractivity contribution in [2.24, 2.45) is 0 Å². The summed E-state index contributed by atoms with van der Waals surface area (Å²) < 4.78 is 11.4. The van der Waals surface area contributed by atoms with Crippen molar-refractivity contribution >= 4 is 50.9 Å². The average Bonchev–Trinajstić information content (AvgIpc) is 3.35. The molecule has 2 amide bonds. The van der Waals surface area contributed by atoms with E-state index >= 15 is 0 Å². The summed E-state index contributed by atoms with van der Waals surface area (Å²) in [6, 6.07) is 17.8. The van der Waals surface area contributed by atoms with E-state index in [1.807, 2.05) is 24.3 Å². The Bertz CT molecular complexity index is 1180. The lowest BCUT2D eigenvalue weighted by atomic mass is 10.1. The van der Waals surface area contributed by atoms with Crippen molar-refractivity contribution in [2.45, 2.75) is 6.54 Å². The number of hydrogen-bond donors (Lipinski definition) is 0. The Morgan fingerprint density at radius 1 is 1.06 bits per heavy atom. The first-order valence-corrected chi connectivity index (χ1v) is 10.8. The number of rotatable bonds is 5. The van der Waals surface area contributed by atoms with Crippen LogP contribution in [0, 0.1) is 0 Å². The number of amides is 2. The Hall–Kier alpha value is -3.10. The molecule has 0 saturated carbocycles. The number of ether oxygens (including phenoxy) is 1. The van der Waals surface area contributed by atoms with E-state index in [1.54, 1.807) is 42.5 Å². The Morgan fingerprint density at radius 3 is 2.45 bits per heavy atom. The highest BCUT2D eigenvalue weighted by Crippen LogP contribution is 2.34. The molecular weight excluding hydrogens is 482 g/mol. The van der Waals surface area contributed by atoms with E-state index < -0.39 is 5.97 Å². The zero-order valence-electron chi connectivity index (χ0n) is 16.3. The number of furan rings is 1. The average molecular weight is 498 g/mol. The lowest BCUT2D eigenvalue weighted by molar-refractivity contribution is -0.123. The number of thioether (sulfide) groups is 1. The van der Waals surface area contributed by atoms with E-state index in [2.05, 4.69) is 15.9 Å². The second kappa shape index (κ2) is 8.95. The van der Waals surface area contributed by atoms with Gasteiger partial charge in [-0.1, -0.05) is 40.2 Å². The van der Waals surface area contributed by atoms with Crippen LogP contribution in [0.4, 0.5) is 4.79 Å². The minimum atomic E-state index is -0.412. The van der Waals surface area contributed by atoms with Gasteiger partial charge in [-0.25, -0.2) is 4.79 Å².